The number of hydrogen-bond acceptors (Lipinski definition) is 4. The molecule has 0 atom stereocenters. The Morgan fingerprint density at radius 1 is 1.41 bits per heavy atom. The van der Waals surface area contributed by atoms with E-state index in [0.717, 1.165) is 42.7 Å². The minimum Gasteiger partial charge on any atom is -0.352 e. The lowest BCUT2D eigenvalue weighted by atomic mass is 9.87. The van der Waals surface area contributed by atoms with Crippen molar-refractivity contribution in [3.8, 4) is 0 Å². The SMILES string of the molecule is Cc1csc2c(=O)n(CC(=O)NC3CCC(C)CC3)cnc12. The molecule has 118 valence electrons. The lowest BCUT2D eigenvalue weighted by Crippen LogP contribution is -2.40. The minimum absolute atomic E-state index is 0.0464. The zero-order valence-corrected chi connectivity index (χ0v) is 13.8. The molecule has 0 aliphatic heterocycles. The van der Waals surface area contributed by atoms with Crippen LogP contribution in [0, 0.1) is 12.8 Å². The number of carbonyl (C=O) groups is 1. The van der Waals surface area contributed by atoms with Crippen LogP contribution >= 0.6 is 11.3 Å². The van der Waals surface area contributed by atoms with Crippen molar-refractivity contribution in [2.45, 2.75) is 52.1 Å². The Kier molecular flexibility index (Phi) is 4.29. The quantitative estimate of drug-likeness (QED) is 0.945. The van der Waals surface area contributed by atoms with Crippen molar-refractivity contribution >= 4 is 27.5 Å². The summed E-state index contributed by atoms with van der Waals surface area (Å²) in [4.78, 5) is 28.8. The molecule has 0 radical (unpaired) electrons. The molecule has 1 amide bonds. The molecule has 6 heteroatoms. The summed E-state index contributed by atoms with van der Waals surface area (Å²) in [5, 5.41) is 4.97. The molecule has 5 nitrogen and oxygen atoms in total. The molecule has 1 saturated carbocycles. The number of nitrogens with zero attached hydrogens (tertiary/aromatic N) is 2. The first kappa shape index (κ1) is 15.2. The largest absolute Gasteiger partial charge is 0.352 e. The maximum atomic E-state index is 12.4. The van der Waals surface area contributed by atoms with E-state index in [9.17, 15) is 9.59 Å². The van der Waals surface area contributed by atoms with Gasteiger partial charge < -0.3 is 5.32 Å². The Bertz CT molecular complexity index is 741. The van der Waals surface area contributed by atoms with Gasteiger partial charge in [0, 0.05) is 6.04 Å². The number of thiophene rings is 1. The van der Waals surface area contributed by atoms with Crippen LogP contribution in [-0.2, 0) is 11.3 Å². The molecule has 0 bridgehead atoms. The highest BCUT2D eigenvalue weighted by Gasteiger charge is 2.20. The van der Waals surface area contributed by atoms with Crippen LogP contribution in [0.3, 0.4) is 0 Å². The maximum Gasteiger partial charge on any atom is 0.271 e. The van der Waals surface area contributed by atoms with Crippen LogP contribution in [0.4, 0.5) is 0 Å². The minimum atomic E-state index is -0.129. The summed E-state index contributed by atoms with van der Waals surface area (Å²) >= 11 is 1.39. The lowest BCUT2D eigenvalue weighted by molar-refractivity contribution is -0.122. The first-order valence-electron chi connectivity index (χ1n) is 7.77. The van der Waals surface area contributed by atoms with Crippen molar-refractivity contribution in [2.75, 3.05) is 0 Å². The normalized spacial score (nSPS) is 21.9. The summed E-state index contributed by atoms with van der Waals surface area (Å²) in [6, 6.07) is 0.250. The number of fused-ring (bicyclic) bond motifs is 1. The van der Waals surface area contributed by atoms with Crippen LogP contribution in [0.15, 0.2) is 16.5 Å². The van der Waals surface area contributed by atoms with Crippen molar-refractivity contribution in [3.05, 3.63) is 27.6 Å². The summed E-state index contributed by atoms with van der Waals surface area (Å²) in [5.74, 6) is 0.653. The van der Waals surface area contributed by atoms with Crippen LogP contribution in [0.2, 0.25) is 0 Å². The summed E-state index contributed by atoms with van der Waals surface area (Å²) in [6.07, 6.45) is 5.86. The van der Waals surface area contributed by atoms with Crippen molar-refractivity contribution in [1.82, 2.24) is 14.9 Å². The zero-order chi connectivity index (χ0) is 15.7. The number of carbonyl (C=O) groups excluding carboxylic acids is 1. The van der Waals surface area contributed by atoms with E-state index in [1.807, 2.05) is 12.3 Å². The summed E-state index contributed by atoms with van der Waals surface area (Å²) in [5.41, 5.74) is 1.62. The van der Waals surface area contributed by atoms with E-state index in [0.29, 0.717) is 4.70 Å². The molecule has 0 aromatic carbocycles. The van der Waals surface area contributed by atoms with Crippen LogP contribution in [-0.4, -0.2) is 21.5 Å². The fourth-order valence-electron chi connectivity index (χ4n) is 3.01. The molecular weight excluding hydrogens is 298 g/mol. The van der Waals surface area contributed by atoms with Crippen molar-refractivity contribution < 1.29 is 4.79 Å². The van der Waals surface area contributed by atoms with E-state index in [-0.39, 0.29) is 24.1 Å². The molecule has 1 fully saturated rings. The number of aromatic nitrogens is 2. The highest BCUT2D eigenvalue weighted by molar-refractivity contribution is 7.17. The smallest absolute Gasteiger partial charge is 0.271 e. The van der Waals surface area contributed by atoms with Gasteiger partial charge in [-0.25, -0.2) is 4.98 Å². The highest BCUT2D eigenvalue weighted by Crippen LogP contribution is 2.23. The highest BCUT2D eigenvalue weighted by atomic mass is 32.1. The van der Waals surface area contributed by atoms with Crippen molar-refractivity contribution in [3.63, 3.8) is 0 Å². The molecule has 0 saturated heterocycles. The predicted molar refractivity (Wildman–Crippen MR) is 88.2 cm³/mol. The third kappa shape index (κ3) is 3.06. The molecule has 2 aromatic heterocycles. The molecule has 1 N–H and O–H groups in total. The van der Waals surface area contributed by atoms with Gasteiger partial charge in [0.05, 0.1) is 11.8 Å². The second-order valence-electron chi connectivity index (χ2n) is 6.30. The number of rotatable bonds is 3. The van der Waals surface area contributed by atoms with Gasteiger partial charge in [-0.2, -0.15) is 0 Å². The van der Waals surface area contributed by atoms with E-state index in [1.54, 1.807) is 0 Å². The Morgan fingerprint density at radius 3 is 2.86 bits per heavy atom. The molecule has 22 heavy (non-hydrogen) atoms. The number of hydrogen-bond donors (Lipinski definition) is 1. The Labute approximate surface area is 133 Å². The average Bonchev–Trinajstić information content (AvgIpc) is 2.87. The fraction of sp³-hybridized carbons (Fsp3) is 0.562. The Balaban J connectivity index is 1.69. The molecular formula is C16H21N3O2S. The van der Waals surface area contributed by atoms with Gasteiger partial charge >= 0.3 is 0 Å². The molecule has 1 aliphatic carbocycles. The molecule has 3 rings (SSSR count). The topological polar surface area (TPSA) is 64.0 Å². The number of nitrogens with one attached hydrogen (secondary N) is 1. The molecule has 2 heterocycles. The predicted octanol–water partition coefficient (Wildman–Crippen LogP) is 2.46. The number of amides is 1. The average molecular weight is 319 g/mol. The lowest BCUT2D eigenvalue weighted by Gasteiger charge is -2.26. The van der Waals surface area contributed by atoms with Gasteiger partial charge in [0.25, 0.3) is 5.56 Å². The van der Waals surface area contributed by atoms with Gasteiger partial charge in [0.1, 0.15) is 11.2 Å². The molecule has 0 spiro atoms. The van der Waals surface area contributed by atoms with Crippen LogP contribution in [0.5, 0.6) is 0 Å². The molecule has 0 unspecified atom stereocenters. The van der Waals surface area contributed by atoms with Gasteiger partial charge in [-0.05, 0) is 49.5 Å². The zero-order valence-electron chi connectivity index (χ0n) is 13.0. The first-order chi connectivity index (χ1) is 10.5. The Hall–Kier alpha value is -1.69. The van der Waals surface area contributed by atoms with Crippen LogP contribution in [0.1, 0.15) is 38.2 Å². The van der Waals surface area contributed by atoms with Crippen LogP contribution in [0.25, 0.3) is 10.2 Å². The van der Waals surface area contributed by atoms with E-state index >= 15 is 0 Å². The second kappa shape index (κ2) is 6.20. The third-order valence-corrected chi connectivity index (χ3v) is 5.49. The third-order valence-electron chi connectivity index (χ3n) is 4.42. The van der Waals surface area contributed by atoms with E-state index in [4.69, 9.17) is 0 Å². The van der Waals surface area contributed by atoms with E-state index in [2.05, 4.69) is 17.2 Å². The first-order valence-corrected chi connectivity index (χ1v) is 8.65. The maximum absolute atomic E-state index is 12.4. The van der Waals surface area contributed by atoms with Crippen molar-refractivity contribution in [1.29, 1.82) is 0 Å². The summed E-state index contributed by atoms with van der Waals surface area (Å²) in [7, 11) is 0. The van der Waals surface area contributed by atoms with Crippen molar-refractivity contribution in [2.24, 2.45) is 5.92 Å². The molecule has 1 aliphatic rings. The van der Waals surface area contributed by atoms with Gasteiger partial charge in [-0.3, -0.25) is 14.2 Å². The van der Waals surface area contributed by atoms with Gasteiger partial charge in [-0.15, -0.1) is 11.3 Å². The summed E-state index contributed by atoms with van der Waals surface area (Å²) in [6.45, 7) is 4.23. The summed E-state index contributed by atoms with van der Waals surface area (Å²) < 4.78 is 2.03. The van der Waals surface area contributed by atoms with E-state index in [1.165, 1.54) is 22.2 Å². The van der Waals surface area contributed by atoms with Crippen LogP contribution < -0.4 is 10.9 Å². The number of aryl methyl sites for hydroxylation is 1. The standard InChI is InChI=1S/C16H21N3O2S/c1-10-3-5-12(6-4-10)18-13(20)7-19-9-17-14-11(2)8-22-15(14)16(19)21/h8-10,12H,3-7H2,1-2H3,(H,18,20). The Morgan fingerprint density at radius 2 is 2.14 bits per heavy atom. The van der Waals surface area contributed by atoms with E-state index < -0.39 is 0 Å². The van der Waals surface area contributed by atoms with Gasteiger partial charge in [0.15, 0.2) is 0 Å². The monoisotopic (exact) mass is 319 g/mol. The van der Waals surface area contributed by atoms with Gasteiger partial charge in [0.2, 0.25) is 5.91 Å². The molecule has 2 aromatic rings. The van der Waals surface area contributed by atoms with Gasteiger partial charge in [-0.1, -0.05) is 6.92 Å². The fourth-order valence-corrected chi connectivity index (χ4v) is 3.96. The second-order valence-corrected chi connectivity index (χ2v) is 7.18.